The summed E-state index contributed by atoms with van der Waals surface area (Å²) in [6.07, 6.45) is 3.96. The number of hydrogen-bond donors (Lipinski definition) is 1. The molecule has 1 aliphatic carbocycles. The average Bonchev–Trinajstić information content (AvgIpc) is 3.23. The Morgan fingerprint density at radius 2 is 1.77 bits per heavy atom. The van der Waals surface area contributed by atoms with Crippen molar-refractivity contribution in [3.8, 4) is 0 Å². The van der Waals surface area contributed by atoms with Gasteiger partial charge in [-0.25, -0.2) is 8.42 Å². The summed E-state index contributed by atoms with van der Waals surface area (Å²) in [6.45, 7) is 6.24. The van der Waals surface area contributed by atoms with Crippen LogP contribution in [0.2, 0.25) is 0 Å². The molecule has 0 atom stereocenters. The number of carbonyl (C=O) groups excluding carboxylic acids is 1. The van der Waals surface area contributed by atoms with E-state index in [4.69, 9.17) is 0 Å². The number of carbonyl (C=O) groups is 1. The number of fused-ring (bicyclic) bond motifs is 1. The summed E-state index contributed by atoms with van der Waals surface area (Å²) < 4.78 is 27.7. The van der Waals surface area contributed by atoms with Crippen LogP contribution in [0.1, 0.15) is 35.6 Å². The first-order chi connectivity index (χ1) is 14.9. The molecule has 1 heterocycles. The van der Waals surface area contributed by atoms with E-state index in [1.54, 1.807) is 10.4 Å². The molecular formula is C24H31N3O3S. The van der Waals surface area contributed by atoms with Gasteiger partial charge in [0, 0.05) is 31.9 Å². The molecule has 1 fully saturated rings. The number of aryl methyl sites for hydroxylation is 4. The predicted octanol–water partition coefficient (Wildman–Crippen LogP) is 2.99. The van der Waals surface area contributed by atoms with E-state index in [-0.39, 0.29) is 12.5 Å². The molecule has 0 bridgehead atoms. The van der Waals surface area contributed by atoms with Crippen molar-refractivity contribution in [3.05, 3.63) is 58.7 Å². The van der Waals surface area contributed by atoms with Crippen LogP contribution in [0, 0.1) is 6.92 Å². The van der Waals surface area contributed by atoms with Crippen LogP contribution in [-0.4, -0.2) is 56.3 Å². The number of benzene rings is 2. The van der Waals surface area contributed by atoms with Crippen molar-refractivity contribution in [1.29, 1.82) is 0 Å². The molecule has 0 radical (unpaired) electrons. The van der Waals surface area contributed by atoms with Gasteiger partial charge in [-0.3, -0.25) is 9.69 Å². The fraction of sp³-hybridized carbons (Fsp3) is 0.458. The Hall–Kier alpha value is -2.22. The van der Waals surface area contributed by atoms with Crippen LogP contribution in [-0.2, 0) is 34.1 Å². The molecule has 0 unspecified atom stereocenters. The average molecular weight is 442 g/mol. The zero-order valence-corrected chi connectivity index (χ0v) is 19.2. The van der Waals surface area contributed by atoms with Gasteiger partial charge in [-0.05, 0) is 67.0 Å². The highest BCUT2D eigenvalue weighted by Crippen LogP contribution is 2.27. The number of para-hydroxylation sites is 1. The minimum Gasteiger partial charge on any atom is -0.324 e. The minimum absolute atomic E-state index is 0.0565. The monoisotopic (exact) mass is 441 g/mol. The van der Waals surface area contributed by atoms with E-state index in [0.717, 1.165) is 42.5 Å². The lowest BCUT2D eigenvalue weighted by Crippen LogP contribution is -2.50. The third-order valence-electron chi connectivity index (χ3n) is 6.41. The van der Waals surface area contributed by atoms with Crippen molar-refractivity contribution in [2.45, 2.75) is 44.4 Å². The molecule has 1 saturated heterocycles. The molecule has 1 amide bonds. The number of piperazine rings is 1. The van der Waals surface area contributed by atoms with Gasteiger partial charge >= 0.3 is 0 Å². The molecule has 2 aliphatic rings. The Bertz CT molecular complexity index is 1070. The highest BCUT2D eigenvalue weighted by Gasteiger charge is 2.30. The number of rotatable bonds is 6. The molecule has 0 spiro atoms. The van der Waals surface area contributed by atoms with E-state index >= 15 is 0 Å². The highest BCUT2D eigenvalue weighted by molar-refractivity contribution is 7.89. The maximum atomic E-state index is 13.1. The van der Waals surface area contributed by atoms with E-state index in [1.807, 2.05) is 42.2 Å². The third kappa shape index (κ3) is 4.68. The summed E-state index contributed by atoms with van der Waals surface area (Å²) in [4.78, 5) is 15.0. The smallest absolute Gasteiger partial charge is 0.243 e. The Labute approximate surface area is 185 Å². The maximum Gasteiger partial charge on any atom is 0.243 e. The van der Waals surface area contributed by atoms with Crippen LogP contribution in [0.5, 0.6) is 0 Å². The molecule has 2 aromatic carbocycles. The minimum atomic E-state index is -3.49. The molecule has 0 saturated carbocycles. The van der Waals surface area contributed by atoms with Gasteiger partial charge in [0.1, 0.15) is 0 Å². The lowest BCUT2D eigenvalue weighted by atomic mass is 10.1. The van der Waals surface area contributed by atoms with Crippen molar-refractivity contribution in [1.82, 2.24) is 9.21 Å². The van der Waals surface area contributed by atoms with Gasteiger partial charge in [-0.1, -0.05) is 31.2 Å². The fourth-order valence-electron chi connectivity index (χ4n) is 4.57. The van der Waals surface area contributed by atoms with Crippen LogP contribution in [0.25, 0.3) is 0 Å². The Balaban J connectivity index is 1.35. The van der Waals surface area contributed by atoms with Gasteiger partial charge in [-0.15, -0.1) is 0 Å². The summed E-state index contributed by atoms with van der Waals surface area (Å²) in [5, 5.41) is 3.06. The van der Waals surface area contributed by atoms with Crippen LogP contribution in [0.4, 0.5) is 5.69 Å². The first-order valence-corrected chi connectivity index (χ1v) is 12.5. The SMILES string of the molecule is CCc1cccc(C)c1NC(=O)CN1CCN(S(=O)(=O)c2ccc3c(c2)CCC3)CC1. The molecule has 31 heavy (non-hydrogen) atoms. The Kier molecular flexibility index (Phi) is 6.46. The fourth-order valence-corrected chi connectivity index (χ4v) is 6.04. The standard InChI is InChI=1S/C24H31N3O3S/c1-3-19-7-4-6-18(2)24(19)25-23(28)17-26-12-14-27(15-13-26)31(29,30)22-11-10-20-8-5-9-21(20)16-22/h4,6-7,10-11,16H,3,5,8-9,12-15,17H2,1-2H3,(H,25,28). The number of amides is 1. The van der Waals surface area contributed by atoms with Gasteiger partial charge in [-0.2, -0.15) is 4.31 Å². The van der Waals surface area contributed by atoms with E-state index < -0.39 is 10.0 Å². The van der Waals surface area contributed by atoms with E-state index in [2.05, 4.69) is 12.2 Å². The second kappa shape index (κ2) is 9.10. The van der Waals surface area contributed by atoms with E-state index in [1.165, 1.54) is 11.1 Å². The number of anilines is 1. The van der Waals surface area contributed by atoms with Crippen molar-refractivity contribution in [2.24, 2.45) is 0 Å². The van der Waals surface area contributed by atoms with E-state index in [9.17, 15) is 13.2 Å². The van der Waals surface area contributed by atoms with Crippen LogP contribution in [0.15, 0.2) is 41.3 Å². The second-order valence-electron chi connectivity index (χ2n) is 8.48. The van der Waals surface area contributed by atoms with Gasteiger partial charge in [0.2, 0.25) is 15.9 Å². The molecule has 7 heteroatoms. The van der Waals surface area contributed by atoms with Crippen molar-refractivity contribution >= 4 is 21.6 Å². The van der Waals surface area contributed by atoms with Crippen molar-refractivity contribution < 1.29 is 13.2 Å². The highest BCUT2D eigenvalue weighted by atomic mass is 32.2. The third-order valence-corrected chi connectivity index (χ3v) is 8.31. The van der Waals surface area contributed by atoms with Crippen LogP contribution in [0.3, 0.4) is 0 Å². The normalized spacial score (nSPS) is 17.5. The lowest BCUT2D eigenvalue weighted by Gasteiger charge is -2.33. The summed E-state index contributed by atoms with van der Waals surface area (Å²) in [7, 11) is -3.49. The number of nitrogens with one attached hydrogen (secondary N) is 1. The van der Waals surface area contributed by atoms with E-state index in [0.29, 0.717) is 31.1 Å². The molecular weight excluding hydrogens is 410 g/mol. The van der Waals surface area contributed by atoms with Crippen molar-refractivity contribution in [2.75, 3.05) is 38.0 Å². The largest absolute Gasteiger partial charge is 0.324 e. The number of sulfonamides is 1. The first kappa shape index (κ1) is 22.0. The van der Waals surface area contributed by atoms with Gasteiger partial charge in [0.05, 0.1) is 11.4 Å². The molecule has 6 nitrogen and oxygen atoms in total. The Morgan fingerprint density at radius 1 is 1.03 bits per heavy atom. The summed E-state index contributed by atoms with van der Waals surface area (Å²) in [5.74, 6) is -0.0565. The number of hydrogen-bond acceptors (Lipinski definition) is 4. The molecule has 0 aromatic heterocycles. The molecule has 4 rings (SSSR count). The maximum absolute atomic E-state index is 13.1. The topological polar surface area (TPSA) is 69.7 Å². The van der Waals surface area contributed by atoms with Crippen LogP contribution < -0.4 is 5.32 Å². The number of nitrogens with zero attached hydrogens (tertiary/aromatic N) is 2. The second-order valence-corrected chi connectivity index (χ2v) is 10.4. The summed E-state index contributed by atoms with van der Waals surface area (Å²) in [5.41, 5.74) is 5.51. The zero-order chi connectivity index (χ0) is 22.0. The van der Waals surface area contributed by atoms with Crippen LogP contribution >= 0.6 is 0 Å². The quantitative estimate of drug-likeness (QED) is 0.748. The molecule has 2 aromatic rings. The van der Waals surface area contributed by atoms with Crippen molar-refractivity contribution in [3.63, 3.8) is 0 Å². The Morgan fingerprint density at radius 3 is 2.52 bits per heavy atom. The molecule has 166 valence electrons. The summed E-state index contributed by atoms with van der Waals surface area (Å²) in [6, 6.07) is 11.6. The van der Waals surface area contributed by atoms with Gasteiger partial charge in [0.25, 0.3) is 0 Å². The molecule has 1 N–H and O–H groups in total. The first-order valence-electron chi connectivity index (χ1n) is 11.1. The zero-order valence-electron chi connectivity index (χ0n) is 18.4. The lowest BCUT2D eigenvalue weighted by molar-refractivity contribution is -0.117. The van der Waals surface area contributed by atoms with Gasteiger partial charge < -0.3 is 5.32 Å². The van der Waals surface area contributed by atoms with Gasteiger partial charge in [0.15, 0.2) is 0 Å². The summed E-state index contributed by atoms with van der Waals surface area (Å²) >= 11 is 0. The molecule has 1 aliphatic heterocycles. The predicted molar refractivity (Wildman–Crippen MR) is 123 cm³/mol.